The fourth-order valence-corrected chi connectivity index (χ4v) is 2.35. The highest BCUT2D eigenvalue weighted by molar-refractivity contribution is 7.99. The van der Waals surface area contributed by atoms with Crippen LogP contribution in [-0.2, 0) is 4.79 Å². The van der Waals surface area contributed by atoms with E-state index >= 15 is 0 Å². The highest BCUT2D eigenvalue weighted by Crippen LogP contribution is 2.23. The van der Waals surface area contributed by atoms with E-state index in [1.165, 1.54) is 11.8 Å². The van der Waals surface area contributed by atoms with Crippen molar-refractivity contribution in [2.45, 2.75) is 12.1 Å². The number of carbonyl (C=O) groups excluding carboxylic acids is 1. The Kier molecular flexibility index (Phi) is 4.57. The smallest absolute Gasteiger partial charge is 0.230 e. The summed E-state index contributed by atoms with van der Waals surface area (Å²) in [5, 5.41) is 7.41. The molecule has 0 radical (unpaired) electrons. The van der Waals surface area contributed by atoms with Crippen molar-refractivity contribution in [2.24, 2.45) is 0 Å². The average Bonchev–Trinajstić information content (AvgIpc) is 2.45. The lowest BCUT2D eigenvalue weighted by Crippen LogP contribution is -2.19. The van der Waals surface area contributed by atoms with E-state index in [1.807, 2.05) is 31.2 Å². The summed E-state index contributed by atoms with van der Waals surface area (Å²) in [7, 11) is 1.62. The zero-order valence-corrected chi connectivity index (χ0v) is 11.8. The summed E-state index contributed by atoms with van der Waals surface area (Å²) in [6.07, 6.45) is 0. The Morgan fingerprint density at radius 1 is 1.32 bits per heavy atom. The van der Waals surface area contributed by atoms with Crippen LogP contribution in [0.25, 0.3) is 10.9 Å². The summed E-state index contributed by atoms with van der Waals surface area (Å²) >= 11 is 1.33. The van der Waals surface area contributed by atoms with Gasteiger partial charge in [0.15, 0.2) is 5.16 Å². The van der Waals surface area contributed by atoms with Gasteiger partial charge in [-0.2, -0.15) is 0 Å². The molecule has 5 nitrogen and oxygen atoms in total. The van der Waals surface area contributed by atoms with Crippen molar-refractivity contribution in [3.05, 3.63) is 24.3 Å². The highest BCUT2D eigenvalue weighted by atomic mass is 32.2. The first kappa shape index (κ1) is 13.6. The number of fused-ring (bicyclic) bond motifs is 1. The first-order chi connectivity index (χ1) is 9.24. The summed E-state index contributed by atoms with van der Waals surface area (Å²) in [6.45, 7) is 2.81. The van der Waals surface area contributed by atoms with Gasteiger partial charge in [-0.25, -0.2) is 9.97 Å². The lowest BCUT2D eigenvalue weighted by Gasteiger charge is -2.08. The number of hydrogen-bond donors (Lipinski definition) is 2. The Morgan fingerprint density at radius 2 is 2.11 bits per heavy atom. The molecular formula is C13H16N4OS. The number of nitrogens with zero attached hydrogens (tertiary/aromatic N) is 2. The minimum atomic E-state index is -0.0354. The van der Waals surface area contributed by atoms with Crippen molar-refractivity contribution in [1.29, 1.82) is 0 Å². The SMILES string of the molecule is CCNc1nc(SCC(=O)NC)nc2ccccc12. The van der Waals surface area contributed by atoms with Gasteiger partial charge in [0, 0.05) is 19.0 Å². The molecular weight excluding hydrogens is 260 g/mol. The van der Waals surface area contributed by atoms with Gasteiger partial charge in [0.2, 0.25) is 5.91 Å². The van der Waals surface area contributed by atoms with Crippen LogP contribution in [0.1, 0.15) is 6.92 Å². The zero-order valence-electron chi connectivity index (χ0n) is 10.9. The summed E-state index contributed by atoms with van der Waals surface area (Å²) in [5.41, 5.74) is 0.882. The quantitative estimate of drug-likeness (QED) is 0.645. The first-order valence-electron chi connectivity index (χ1n) is 6.08. The Balaban J connectivity index is 2.32. The maximum atomic E-state index is 11.3. The van der Waals surface area contributed by atoms with Crippen LogP contribution in [0.4, 0.5) is 5.82 Å². The van der Waals surface area contributed by atoms with Crippen molar-refractivity contribution in [1.82, 2.24) is 15.3 Å². The fraction of sp³-hybridized carbons (Fsp3) is 0.308. The molecule has 2 rings (SSSR count). The predicted molar refractivity (Wildman–Crippen MR) is 78.5 cm³/mol. The second kappa shape index (κ2) is 6.38. The van der Waals surface area contributed by atoms with E-state index in [4.69, 9.17) is 0 Å². The summed E-state index contributed by atoms with van der Waals surface area (Å²) in [5.74, 6) is 1.10. The maximum Gasteiger partial charge on any atom is 0.230 e. The third-order valence-electron chi connectivity index (χ3n) is 2.54. The molecule has 2 aromatic rings. The van der Waals surface area contributed by atoms with E-state index in [2.05, 4.69) is 20.6 Å². The monoisotopic (exact) mass is 276 g/mol. The molecule has 0 unspecified atom stereocenters. The molecule has 0 spiro atoms. The number of para-hydroxylation sites is 1. The van der Waals surface area contributed by atoms with Crippen molar-refractivity contribution in [3.63, 3.8) is 0 Å². The van der Waals surface area contributed by atoms with Crippen molar-refractivity contribution >= 4 is 34.4 Å². The number of aromatic nitrogens is 2. The average molecular weight is 276 g/mol. The predicted octanol–water partition coefficient (Wildman–Crippen LogP) is 1.90. The van der Waals surface area contributed by atoms with Crippen LogP contribution in [0.2, 0.25) is 0 Å². The molecule has 1 heterocycles. The molecule has 1 amide bonds. The molecule has 2 N–H and O–H groups in total. The Hall–Kier alpha value is -1.82. The van der Waals surface area contributed by atoms with E-state index in [9.17, 15) is 4.79 Å². The van der Waals surface area contributed by atoms with Crippen molar-refractivity contribution in [2.75, 3.05) is 24.7 Å². The van der Waals surface area contributed by atoms with Crippen molar-refractivity contribution in [3.8, 4) is 0 Å². The van der Waals surface area contributed by atoms with Crippen LogP contribution in [0.3, 0.4) is 0 Å². The van der Waals surface area contributed by atoms with Gasteiger partial charge in [-0.1, -0.05) is 23.9 Å². The molecule has 0 fully saturated rings. The van der Waals surface area contributed by atoms with Crippen LogP contribution in [0, 0.1) is 0 Å². The van der Waals surface area contributed by atoms with Gasteiger partial charge in [0.05, 0.1) is 11.3 Å². The maximum absolute atomic E-state index is 11.3. The summed E-state index contributed by atoms with van der Waals surface area (Å²) in [6, 6.07) is 7.84. The Labute approximate surface area is 116 Å². The van der Waals surface area contributed by atoms with E-state index in [0.29, 0.717) is 10.9 Å². The molecule has 19 heavy (non-hydrogen) atoms. The van der Waals surface area contributed by atoms with Crippen LogP contribution in [-0.4, -0.2) is 35.2 Å². The topological polar surface area (TPSA) is 66.9 Å². The van der Waals surface area contributed by atoms with Gasteiger partial charge < -0.3 is 10.6 Å². The van der Waals surface area contributed by atoms with Gasteiger partial charge in [-0.05, 0) is 19.1 Å². The number of thioether (sulfide) groups is 1. The van der Waals surface area contributed by atoms with Crippen LogP contribution >= 0.6 is 11.8 Å². The fourth-order valence-electron chi connectivity index (χ4n) is 1.62. The van der Waals surface area contributed by atoms with E-state index in [0.717, 1.165) is 23.3 Å². The van der Waals surface area contributed by atoms with Gasteiger partial charge in [0.1, 0.15) is 5.82 Å². The normalized spacial score (nSPS) is 10.4. The van der Waals surface area contributed by atoms with Crippen LogP contribution in [0.15, 0.2) is 29.4 Å². The number of nitrogens with one attached hydrogen (secondary N) is 2. The number of rotatable bonds is 5. The number of benzene rings is 1. The number of carbonyl (C=O) groups is 1. The second-order valence-electron chi connectivity index (χ2n) is 3.86. The zero-order chi connectivity index (χ0) is 13.7. The van der Waals surface area contributed by atoms with Crippen LogP contribution in [0.5, 0.6) is 0 Å². The molecule has 0 bridgehead atoms. The minimum absolute atomic E-state index is 0.0354. The number of amides is 1. The second-order valence-corrected chi connectivity index (χ2v) is 4.81. The number of anilines is 1. The highest BCUT2D eigenvalue weighted by Gasteiger charge is 2.08. The molecule has 0 atom stereocenters. The molecule has 6 heteroatoms. The lowest BCUT2D eigenvalue weighted by atomic mass is 10.2. The van der Waals surface area contributed by atoms with Gasteiger partial charge in [0.25, 0.3) is 0 Å². The molecule has 0 aliphatic heterocycles. The molecule has 0 aliphatic carbocycles. The molecule has 0 aliphatic rings. The van der Waals surface area contributed by atoms with Crippen molar-refractivity contribution < 1.29 is 4.79 Å². The van der Waals surface area contributed by atoms with Gasteiger partial charge >= 0.3 is 0 Å². The summed E-state index contributed by atoms with van der Waals surface area (Å²) < 4.78 is 0. The lowest BCUT2D eigenvalue weighted by molar-refractivity contribution is -0.118. The summed E-state index contributed by atoms with van der Waals surface area (Å²) in [4.78, 5) is 20.2. The standard InChI is InChI=1S/C13H16N4OS/c1-3-15-12-9-6-4-5-7-10(9)16-13(17-12)19-8-11(18)14-2/h4-7H,3,8H2,1-2H3,(H,14,18)(H,15,16,17). The molecule has 0 saturated carbocycles. The van der Waals surface area contributed by atoms with E-state index in [1.54, 1.807) is 7.05 Å². The Morgan fingerprint density at radius 3 is 2.84 bits per heavy atom. The molecule has 1 aromatic carbocycles. The third kappa shape index (κ3) is 3.35. The van der Waals surface area contributed by atoms with Crippen LogP contribution < -0.4 is 10.6 Å². The van der Waals surface area contributed by atoms with E-state index in [-0.39, 0.29) is 5.91 Å². The largest absolute Gasteiger partial charge is 0.370 e. The minimum Gasteiger partial charge on any atom is -0.370 e. The Bertz CT molecular complexity index is 588. The molecule has 0 saturated heterocycles. The van der Waals surface area contributed by atoms with Gasteiger partial charge in [-0.3, -0.25) is 4.79 Å². The first-order valence-corrected chi connectivity index (χ1v) is 7.07. The van der Waals surface area contributed by atoms with E-state index < -0.39 is 0 Å². The van der Waals surface area contributed by atoms with Gasteiger partial charge in [-0.15, -0.1) is 0 Å². The molecule has 1 aromatic heterocycles. The third-order valence-corrected chi connectivity index (χ3v) is 3.39. The number of hydrogen-bond acceptors (Lipinski definition) is 5. The molecule has 100 valence electrons.